The van der Waals surface area contributed by atoms with Crippen molar-refractivity contribution in [3.63, 3.8) is 0 Å². The number of hydrogen-bond acceptors (Lipinski definition) is 5. The fourth-order valence-corrected chi connectivity index (χ4v) is 2.10. The molecule has 0 heterocycles. The Balaban J connectivity index is 3.02. The summed E-state index contributed by atoms with van der Waals surface area (Å²) in [6.07, 6.45) is 0. The molecule has 1 aromatic carbocycles. The van der Waals surface area contributed by atoms with Crippen LogP contribution < -0.4 is 9.62 Å². The summed E-state index contributed by atoms with van der Waals surface area (Å²) in [5.74, 6) is -3.49. The summed E-state index contributed by atoms with van der Waals surface area (Å²) in [6.45, 7) is 2.46. The molecule has 20 heavy (non-hydrogen) atoms. The average Bonchev–Trinajstić information content (AvgIpc) is 2.35. The summed E-state index contributed by atoms with van der Waals surface area (Å²) in [6, 6.07) is 6.06. The van der Waals surface area contributed by atoms with E-state index in [1.165, 1.54) is 26.1 Å². The van der Waals surface area contributed by atoms with Crippen molar-refractivity contribution in [2.45, 2.75) is 19.6 Å². The zero-order valence-corrected chi connectivity index (χ0v) is 12.3. The predicted octanol–water partition coefficient (Wildman–Crippen LogP) is 0.112. The van der Waals surface area contributed by atoms with Gasteiger partial charge in [-0.1, -0.05) is 6.07 Å². The Hall–Kier alpha value is -1.64. The van der Waals surface area contributed by atoms with Crippen molar-refractivity contribution < 1.29 is 23.4 Å². The number of carbonyl (C=O) groups excluding carboxylic acids is 1. The van der Waals surface area contributed by atoms with Crippen LogP contribution in [0.5, 0.6) is 0 Å². The smallest absolute Gasteiger partial charge is 0.286 e. The molecule has 0 aliphatic carbocycles. The molecule has 8 heteroatoms. The quantitative estimate of drug-likeness (QED) is 0.669. The summed E-state index contributed by atoms with van der Waals surface area (Å²) in [7, 11) is -2.05. The Morgan fingerprint density at radius 3 is 2.50 bits per heavy atom. The first kappa shape index (κ1) is 16.4. The van der Waals surface area contributed by atoms with Crippen molar-refractivity contribution in [3.8, 4) is 0 Å². The Labute approximate surface area is 117 Å². The van der Waals surface area contributed by atoms with Crippen molar-refractivity contribution in [1.29, 1.82) is 0 Å². The molecule has 0 aliphatic heterocycles. The van der Waals surface area contributed by atoms with Gasteiger partial charge in [0.05, 0.1) is 11.4 Å². The van der Waals surface area contributed by atoms with Crippen LogP contribution in [0.3, 0.4) is 0 Å². The maximum absolute atomic E-state index is 11.7. The number of sulfonamides is 1. The lowest BCUT2D eigenvalue weighted by Gasteiger charge is -2.24. The number of benzene rings is 1. The SMILES string of the molecule is CCS(=O)(=O)Nc1cccc(N(C)C(=O)C(C)(O)O)c1. The molecule has 0 fully saturated rings. The van der Waals surface area contributed by atoms with Crippen LogP contribution in [0.4, 0.5) is 11.4 Å². The van der Waals surface area contributed by atoms with Crippen molar-refractivity contribution in [2.24, 2.45) is 0 Å². The highest BCUT2D eigenvalue weighted by Gasteiger charge is 2.30. The average molecular weight is 302 g/mol. The van der Waals surface area contributed by atoms with Gasteiger partial charge in [0, 0.05) is 12.7 Å². The van der Waals surface area contributed by atoms with E-state index in [0.717, 1.165) is 11.8 Å². The third-order valence-electron chi connectivity index (χ3n) is 2.60. The molecule has 0 radical (unpaired) electrons. The molecule has 1 aromatic rings. The molecule has 1 rings (SSSR count). The van der Waals surface area contributed by atoms with E-state index in [0.29, 0.717) is 11.4 Å². The summed E-state index contributed by atoms with van der Waals surface area (Å²) in [5.41, 5.74) is 0.627. The summed E-state index contributed by atoms with van der Waals surface area (Å²) in [4.78, 5) is 12.7. The molecule has 0 saturated carbocycles. The number of aliphatic hydroxyl groups is 2. The summed E-state index contributed by atoms with van der Waals surface area (Å²) < 4.78 is 25.3. The number of hydrogen-bond donors (Lipinski definition) is 3. The fourth-order valence-electron chi connectivity index (χ4n) is 1.46. The van der Waals surface area contributed by atoms with Gasteiger partial charge in [0.2, 0.25) is 15.8 Å². The summed E-state index contributed by atoms with van der Waals surface area (Å²) >= 11 is 0. The lowest BCUT2D eigenvalue weighted by atomic mass is 10.2. The third kappa shape index (κ3) is 4.19. The molecule has 0 spiro atoms. The lowest BCUT2D eigenvalue weighted by Crippen LogP contribution is -2.45. The van der Waals surface area contributed by atoms with Crippen molar-refractivity contribution in [1.82, 2.24) is 0 Å². The van der Waals surface area contributed by atoms with E-state index in [2.05, 4.69) is 4.72 Å². The van der Waals surface area contributed by atoms with Gasteiger partial charge >= 0.3 is 0 Å². The van der Waals surface area contributed by atoms with Crippen LogP contribution in [-0.4, -0.2) is 43.1 Å². The van der Waals surface area contributed by atoms with Gasteiger partial charge in [0.15, 0.2) is 0 Å². The molecule has 112 valence electrons. The van der Waals surface area contributed by atoms with Crippen LogP contribution in [0.25, 0.3) is 0 Å². The number of amides is 1. The largest absolute Gasteiger partial charge is 0.358 e. The second-order valence-electron chi connectivity index (χ2n) is 4.44. The van der Waals surface area contributed by atoms with Gasteiger partial charge in [-0.25, -0.2) is 8.42 Å². The van der Waals surface area contributed by atoms with Crippen LogP contribution in [0.1, 0.15) is 13.8 Å². The van der Waals surface area contributed by atoms with E-state index < -0.39 is 21.7 Å². The first-order chi connectivity index (χ1) is 9.07. The molecule has 3 N–H and O–H groups in total. The fraction of sp³-hybridized carbons (Fsp3) is 0.417. The van der Waals surface area contributed by atoms with E-state index in [9.17, 15) is 23.4 Å². The molecule has 7 nitrogen and oxygen atoms in total. The standard InChI is InChI=1S/C12H18N2O5S/c1-4-20(18,19)13-9-6-5-7-10(8-9)14(3)11(15)12(2,16)17/h5-8,13,16-17H,4H2,1-3H3. The highest BCUT2D eigenvalue weighted by atomic mass is 32.2. The number of carbonyl (C=O) groups is 1. The number of nitrogens with one attached hydrogen (secondary N) is 1. The summed E-state index contributed by atoms with van der Waals surface area (Å²) in [5, 5.41) is 18.5. The molecule has 1 amide bonds. The van der Waals surface area contributed by atoms with E-state index in [-0.39, 0.29) is 5.75 Å². The number of rotatable bonds is 5. The molecule has 0 saturated heterocycles. The van der Waals surface area contributed by atoms with Crippen LogP contribution in [0, 0.1) is 0 Å². The molecule has 0 unspecified atom stereocenters. The van der Waals surface area contributed by atoms with Crippen molar-refractivity contribution in [2.75, 3.05) is 22.4 Å². The van der Waals surface area contributed by atoms with Gasteiger partial charge in [0.1, 0.15) is 0 Å². The van der Waals surface area contributed by atoms with Gasteiger partial charge in [-0.05, 0) is 32.0 Å². The Bertz CT molecular complexity index is 592. The second kappa shape index (κ2) is 5.78. The zero-order chi connectivity index (χ0) is 15.6. The number of nitrogens with zero attached hydrogens (tertiary/aromatic N) is 1. The van der Waals surface area contributed by atoms with Gasteiger partial charge in [0.25, 0.3) is 5.91 Å². The van der Waals surface area contributed by atoms with Gasteiger partial charge in [-0.3, -0.25) is 9.52 Å². The highest BCUT2D eigenvalue weighted by Crippen LogP contribution is 2.21. The van der Waals surface area contributed by atoms with Crippen molar-refractivity contribution >= 4 is 27.3 Å². The minimum absolute atomic E-state index is 0.0721. The van der Waals surface area contributed by atoms with Gasteiger partial charge in [-0.15, -0.1) is 0 Å². The third-order valence-corrected chi connectivity index (χ3v) is 3.90. The first-order valence-electron chi connectivity index (χ1n) is 5.90. The Kier molecular flexibility index (Phi) is 4.74. The molecule has 0 aromatic heterocycles. The van der Waals surface area contributed by atoms with Crippen LogP contribution >= 0.6 is 0 Å². The molecular weight excluding hydrogens is 284 g/mol. The first-order valence-corrected chi connectivity index (χ1v) is 7.55. The Morgan fingerprint density at radius 2 is 2.00 bits per heavy atom. The lowest BCUT2D eigenvalue weighted by molar-refractivity contribution is -0.174. The monoisotopic (exact) mass is 302 g/mol. The minimum Gasteiger partial charge on any atom is -0.358 e. The van der Waals surface area contributed by atoms with Crippen LogP contribution in [-0.2, 0) is 14.8 Å². The van der Waals surface area contributed by atoms with E-state index in [1.54, 1.807) is 12.1 Å². The van der Waals surface area contributed by atoms with Gasteiger partial charge in [-0.2, -0.15) is 0 Å². The normalized spacial score (nSPS) is 12.1. The highest BCUT2D eigenvalue weighted by molar-refractivity contribution is 7.92. The maximum Gasteiger partial charge on any atom is 0.286 e. The van der Waals surface area contributed by atoms with E-state index in [1.807, 2.05) is 0 Å². The number of anilines is 2. The number of likely N-dealkylation sites (N-methyl/N-ethyl adjacent to an activating group) is 1. The zero-order valence-electron chi connectivity index (χ0n) is 11.5. The molecule has 0 atom stereocenters. The maximum atomic E-state index is 11.7. The molecular formula is C12H18N2O5S. The van der Waals surface area contributed by atoms with Crippen molar-refractivity contribution in [3.05, 3.63) is 24.3 Å². The van der Waals surface area contributed by atoms with Crippen LogP contribution in [0.15, 0.2) is 24.3 Å². The molecule has 0 aliphatic rings. The topological polar surface area (TPSA) is 107 Å². The Morgan fingerprint density at radius 1 is 1.40 bits per heavy atom. The minimum atomic E-state index is -3.42. The predicted molar refractivity (Wildman–Crippen MR) is 75.8 cm³/mol. The van der Waals surface area contributed by atoms with Gasteiger partial charge < -0.3 is 15.1 Å². The van der Waals surface area contributed by atoms with E-state index >= 15 is 0 Å². The van der Waals surface area contributed by atoms with Crippen LogP contribution in [0.2, 0.25) is 0 Å². The second-order valence-corrected chi connectivity index (χ2v) is 6.45. The molecule has 0 bridgehead atoms. The van der Waals surface area contributed by atoms with E-state index in [4.69, 9.17) is 0 Å².